The third kappa shape index (κ3) is 6.91. The van der Waals surface area contributed by atoms with Crippen molar-refractivity contribution < 1.29 is 23.4 Å². The minimum atomic E-state index is -3.85. The van der Waals surface area contributed by atoms with Crippen LogP contribution in [0.3, 0.4) is 0 Å². The Bertz CT molecular complexity index is 1570. The number of likely N-dealkylation sites (N-methyl/N-ethyl adjacent to an activating group) is 1. The lowest BCUT2D eigenvalue weighted by Crippen LogP contribution is -2.47. The zero-order valence-electron chi connectivity index (χ0n) is 22.3. The SMILES string of the molecule is CN(CC(O)CNC(C)(C)Cc1ccc2ccccc2c1)S(=O)(=O)c1ccc(-c2ccccc2C(=O)O)cc1. The molecule has 0 bridgehead atoms. The van der Waals surface area contributed by atoms with Crippen LogP contribution in [-0.4, -0.2) is 60.7 Å². The Morgan fingerprint density at radius 2 is 1.56 bits per heavy atom. The molecule has 0 fully saturated rings. The maximum atomic E-state index is 13.1. The molecule has 0 amide bonds. The monoisotopic (exact) mass is 546 g/mol. The number of hydrogen-bond donors (Lipinski definition) is 3. The van der Waals surface area contributed by atoms with Crippen LogP contribution in [0.5, 0.6) is 0 Å². The number of carboxylic acids is 1. The lowest BCUT2D eigenvalue weighted by atomic mass is 9.93. The van der Waals surface area contributed by atoms with Gasteiger partial charge in [0.05, 0.1) is 16.6 Å². The van der Waals surface area contributed by atoms with Gasteiger partial charge in [-0.05, 0) is 65.9 Å². The summed E-state index contributed by atoms with van der Waals surface area (Å²) < 4.78 is 27.4. The molecule has 4 aromatic rings. The summed E-state index contributed by atoms with van der Waals surface area (Å²) in [5.74, 6) is -1.05. The summed E-state index contributed by atoms with van der Waals surface area (Å²) in [6, 6.07) is 27.2. The van der Waals surface area contributed by atoms with E-state index in [0.29, 0.717) is 11.1 Å². The molecule has 0 spiro atoms. The Kier molecular flexibility index (Phi) is 8.51. The fourth-order valence-corrected chi connectivity index (χ4v) is 5.89. The molecule has 0 aliphatic heterocycles. The number of rotatable bonds is 11. The zero-order valence-corrected chi connectivity index (χ0v) is 23.2. The summed E-state index contributed by atoms with van der Waals surface area (Å²) in [4.78, 5) is 11.6. The minimum Gasteiger partial charge on any atom is -0.478 e. The summed E-state index contributed by atoms with van der Waals surface area (Å²) in [6.45, 7) is 4.26. The van der Waals surface area contributed by atoms with Crippen molar-refractivity contribution in [2.45, 2.75) is 36.8 Å². The van der Waals surface area contributed by atoms with Gasteiger partial charge in [-0.1, -0.05) is 72.8 Å². The number of carboxylic acid groups (broad SMARTS) is 1. The molecule has 0 aromatic heterocycles. The smallest absolute Gasteiger partial charge is 0.336 e. The number of β-amino-alcohol motifs (C(OH)–C–C–N with tert-alkyl or cyclic N) is 1. The molecule has 1 unspecified atom stereocenters. The lowest BCUT2D eigenvalue weighted by molar-refractivity contribution is 0.0697. The van der Waals surface area contributed by atoms with Crippen molar-refractivity contribution >= 4 is 26.8 Å². The van der Waals surface area contributed by atoms with Crippen molar-refractivity contribution in [3.8, 4) is 11.1 Å². The van der Waals surface area contributed by atoms with Gasteiger partial charge in [0, 0.05) is 25.7 Å². The van der Waals surface area contributed by atoms with E-state index in [1.807, 2.05) is 12.1 Å². The fourth-order valence-electron chi connectivity index (χ4n) is 4.68. The van der Waals surface area contributed by atoms with Crippen molar-refractivity contribution in [1.29, 1.82) is 0 Å². The van der Waals surface area contributed by atoms with Gasteiger partial charge in [-0.2, -0.15) is 4.31 Å². The van der Waals surface area contributed by atoms with Gasteiger partial charge in [0.15, 0.2) is 0 Å². The van der Waals surface area contributed by atoms with Gasteiger partial charge in [-0.3, -0.25) is 0 Å². The summed E-state index contributed by atoms with van der Waals surface area (Å²) in [5, 5.41) is 25.8. The van der Waals surface area contributed by atoms with Crippen LogP contribution in [0.25, 0.3) is 21.9 Å². The lowest BCUT2D eigenvalue weighted by Gasteiger charge is -2.29. The number of benzene rings is 4. The number of carbonyl (C=O) groups is 1. The second-order valence-electron chi connectivity index (χ2n) is 10.4. The van der Waals surface area contributed by atoms with Crippen LogP contribution >= 0.6 is 0 Å². The van der Waals surface area contributed by atoms with E-state index in [2.05, 4.69) is 49.5 Å². The molecule has 3 N–H and O–H groups in total. The van der Waals surface area contributed by atoms with Gasteiger partial charge < -0.3 is 15.5 Å². The van der Waals surface area contributed by atoms with Crippen molar-refractivity contribution in [1.82, 2.24) is 9.62 Å². The molecule has 0 saturated heterocycles. The van der Waals surface area contributed by atoms with Gasteiger partial charge in [0.2, 0.25) is 10.0 Å². The molecule has 0 heterocycles. The predicted octanol–water partition coefficient (Wildman–Crippen LogP) is 4.80. The topological polar surface area (TPSA) is 107 Å². The normalized spacial score (nSPS) is 13.1. The van der Waals surface area contributed by atoms with Crippen LogP contribution in [0, 0.1) is 0 Å². The maximum Gasteiger partial charge on any atom is 0.336 e. The van der Waals surface area contributed by atoms with E-state index in [0.717, 1.165) is 10.7 Å². The summed E-state index contributed by atoms with van der Waals surface area (Å²) in [5.41, 5.74) is 2.12. The molecule has 1 atom stereocenters. The average molecular weight is 547 g/mol. The van der Waals surface area contributed by atoms with E-state index in [1.54, 1.807) is 30.3 Å². The quantitative estimate of drug-likeness (QED) is 0.250. The van der Waals surface area contributed by atoms with Crippen LogP contribution in [-0.2, 0) is 16.4 Å². The Morgan fingerprint density at radius 1 is 0.923 bits per heavy atom. The molecule has 8 heteroatoms. The van der Waals surface area contributed by atoms with Crippen LogP contribution < -0.4 is 5.32 Å². The number of hydrogen-bond acceptors (Lipinski definition) is 5. The highest BCUT2D eigenvalue weighted by Gasteiger charge is 2.25. The number of nitrogens with zero attached hydrogens (tertiary/aromatic N) is 1. The second kappa shape index (κ2) is 11.7. The Morgan fingerprint density at radius 3 is 2.26 bits per heavy atom. The summed E-state index contributed by atoms with van der Waals surface area (Å²) in [7, 11) is -2.42. The average Bonchev–Trinajstić information content (AvgIpc) is 2.91. The molecule has 0 aliphatic rings. The van der Waals surface area contributed by atoms with Crippen LogP contribution in [0.1, 0.15) is 29.8 Å². The molecule has 0 saturated carbocycles. The first-order valence-corrected chi connectivity index (χ1v) is 14.2. The van der Waals surface area contributed by atoms with Crippen molar-refractivity contribution in [2.75, 3.05) is 20.1 Å². The molecule has 204 valence electrons. The molecule has 4 aromatic carbocycles. The standard InChI is InChI=1S/C31H34N2O5S/c1-31(2,19-22-12-13-23-8-4-5-9-25(23)18-22)32-20-26(34)21-33(3)39(37,38)27-16-14-24(15-17-27)28-10-6-7-11-29(28)30(35)36/h4-18,26,32,34H,19-21H2,1-3H3,(H,35,36). The molecular formula is C31H34N2O5S. The van der Waals surface area contributed by atoms with E-state index in [4.69, 9.17) is 0 Å². The molecule has 7 nitrogen and oxygen atoms in total. The van der Waals surface area contributed by atoms with Gasteiger partial charge >= 0.3 is 5.97 Å². The minimum absolute atomic E-state index is 0.0679. The van der Waals surface area contributed by atoms with Gasteiger partial charge in [-0.15, -0.1) is 0 Å². The number of aromatic carboxylic acids is 1. The van der Waals surface area contributed by atoms with Crippen LogP contribution in [0.4, 0.5) is 0 Å². The van der Waals surface area contributed by atoms with Gasteiger partial charge in [-0.25, -0.2) is 13.2 Å². The van der Waals surface area contributed by atoms with Crippen molar-refractivity contribution in [3.63, 3.8) is 0 Å². The summed E-state index contributed by atoms with van der Waals surface area (Å²) in [6.07, 6.45) is -0.168. The molecule has 0 aliphatic carbocycles. The van der Waals surface area contributed by atoms with Crippen LogP contribution in [0.15, 0.2) is 95.9 Å². The van der Waals surface area contributed by atoms with Crippen molar-refractivity contribution in [2.24, 2.45) is 0 Å². The van der Waals surface area contributed by atoms with Gasteiger partial charge in [0.1, 0.15) is 0 Å². The molecule has 4 rings (SSSR count). The number of aliphatic hydroxyl groups is 1. The summed E-state index contributed by atoms with van der Waals surface area (Å²) >= 11 is 0. The van der Waals surface area contributed by atoms with E-state index >= 15 is 0 Å². The molecular weight excluding hydrogens is 512 g/mol. The first-order valence-electron chi connectivity index (χ1n) is 12.8. The third-order valence-corrected chi connectivity index (χ3v) is 8.61. The van der Waals surface area contributed by atoms with E-state index in [1.165, 1.54) is 41.6 Å². The predicted molar refractivity (Wildman–Crippen MR) is 154 cm³/mol. The number of fused-ring (bicyclic) bond motifs is 1. The molecule has 39 heavy (non-hydrogen) atoms. The Hall–Kier alpha value is -3.56. The first-order chi connectivity index (χ1) is 18.5. The van der Waals surface area contributed by atoms with Crippen LogP contribution in [0.2, 0.25) is 0 Å². The molecule has 0 radical (unpaired) electrons. The third-order valence-electron chi connectivity index (χ3n) is 6.78. The fraction of sp³-hybridized carbons (Fsp3) is 0.258. The van der Waals surface area contributed by atoms with Gasteiger partial charge in [0.25, 0.3) is 0 Å². The Labute approximate surface area is 229 Å². The zero-order chi connectivity index (χ0) is 28.2. The van der Waals surface area contributed by atoms with E-state index in [-0.39, 0.29) is 29.1 Å². The number of sulfonamides is 1. The largest absolute Gasteiger partial charge is 0.478 e. The number of nitrogens with one attached hydrogen (secondary N) is 1. The van der Waals surface area contributed by atoms with E-state index < -0.39 is 22.1 Å². The second-order valence-corrected chi connectivity index (χ2v) is 12.5. The Balaban J connectivity index is 1.36. The highest BCUT2D eigenvalue weighted by atomic mass is 32.2. The first kappa shape index (κ1) is 28.4. The maximum absolute atomic E-state index is 13.1. The van der Waals surface area contributed by atoms with Crippen molar-refractivity contribution in [3.05, 3.63) is 102 Å². The highest BCUT2D eigenvalue weighted by Crippen LogP contribution is 2.26. The highest BCUT2D eigenvalue weighted by molar-refractivity contribution is 7.89. The van der Waals surface area contributed by atoms with E-state index in [9.17, 15) is 23.4 Å². The number of aliphatic hydroxyl groups excluding tert-OH is 1.